The predicted octanol–water partition coefficient (Wildman–Crippen LogP) is 2.15. The second-order valence-electron chi connectivity index (χ2n) is 5.24. The van der Waals surface area contributed by atoms with Gasteiger partial charge >= 0.3 is 0 Å². The van der Waals surface area contributed by atoms with Gasteiger partial charge in [0.2, 0.25) is 5.91 Å². The standard InChI is InChI=1S/C16H23FN2O2/c1-2-19(16(20)13-18-9-5-6-10-18)11-12-21-15-8-4-3-7-14(15)17/h3-4,7-8H,2,5-6,9-13H2,1H3. The first-order valence-corrected chi connectivity index (χ1v) is 7.58. The summed E-state index contributed by atoms with van der Waals surface area (Å²) < 4.78 is 18.8. The van der Waals surface area contributed by atoms with E-state index in [0.717, 1.165) is 13.1 Å². The van der Waals surface area contributed by atoms with Crippen molar-refractivity contribution in [1.29, 1.82) is 0 Å². The first-order valence-electron chi connectivity index (χ1n) is 7.58. The number of hydrogen-bond acceptors (Lipinski definition) is 3. The second-order valence-corrected chi connectivity index (χ2v) is 5.24. The molecule has 1 aromatic rings. The van der Waals surface area contributed by atoms with Crippen molar-refractivity contribution in [2.24, 2.45) is 0 Å². The van der Waals surface area contributed by atoms with Crippen molar-refractivity contribution in [3.05, 3.63) is 30.1 Å². The number of hydrogen-bond donors (Lipinski definition) is 0. The Morgan fingerprint density at radius 3 is 2.71 bits per heavy atom. The van der Waals surface area contributed by atoms with E-state index in [9.17, 15) is 9.18 Å². The zero-order valence-corrected chi connectivity index (χ0v) is 12.6. The molecule has 0 aromatic heterocycles. The van der Waals surface area contributed by atoms with Gasteiger partial charge in [-0.25, -0.2) is 4.39 Å². The van der Waals surface area contributed by atoms with Crippen LogP contribution in [-0.2, 0) is 4.79 Å². The molecule has 1 fully saturated rings. The SMILES string of the molecule is CCN(CCOc1ccccc1F)C(=O)CN1CCCC1. The third-order valence-electron chi connectivity index (χ3n) is 3.75. The molecule has 0 aliphatic carbocycles. The van der Waals surface area contributed by atoms with Gasteiger partial charge in [0, 0.05) is 6.54 Å². The molecule has 0 unspecified atom stereocenters. The molecule has 1 amide bonds. The summed E-state index contributed by atoms with van der Waals surface area (Å²) in [5.74, 6) is -0.0129. The smallest absolute Gasteiger partial charge is 0.236 e. The molecule has 0 bridgehead atoms. The van der Waals surface area contributed by atoms with Crippen LogP contribution in [-0.4, -0.2) is 55.0 Å². The van der Waals surface area contributed by atoms with Crippen molar-refractivity contribution < 1.29 is 13.9 Å². The molecular weight excluding hydrogens is 271 g/mol. The van der Waals surface area contributed by atoms with Crippen LogP contribution in [0.25, 0.3) is 0 Å². The number of carbonyl (C=O) groups is 1. The number of carbonyl (C=O) groups excluding carboxylic acids is 1. The van der Waals surface area contributed by atoms with Gasteiger partial charge in [-0.2, -0.15) is 0 Å². The lowest BCUT2D eigenvalue weighted by Crippen LogP contribution is -2.41. The summed E-state index contributed by atoms with van der Waals surface area (Å²) in [5, 5.41) is 0. The highest BCUT2D eigenvalue weighted by molar-refractivity contribution is 5.78. The minimum absolute atomic E-state index is 0.122. The van der Waals surface area contributed by atoms with E-state index in [1.165, 1.54) is 18.9 Å². The molecule has 1 saturated heterocycles. The van der Waals surface area contributed by atoms with Crippen molar-refractivity contribution in [2.75, 3.05) is 39.3 Å². The Labute approximate surface area is 125 Å². The highest BCUT2D eigenvalue weighted by Gasteiger charge is 2.18. The molecule has 4 nitrogen and oxygen atoms in total. The Kier molecular flexibility index (Phi) is 5.99. The summed E-state index contributed by atoms with van der Waals surface area (Å²) >= 11 is 0. The summed E-state index contributed by atoms with van der Waals surface area (Å²) in [4.78, 5) is 16.1. The molecule has 1 aliphatic rings. The number of para-hydroxylation sites is 1. The molecule has 21 heavy (non-hydrogen) atoms. The molecule has 0 N–H and O–H groups in total. The van der Waals surface area contributed by atoms with Crippen LogP contribution in [0, 0.1) is 5.82 Å². The van der Waals surface area contributed by atoms with Gasteiger partial charge in [-0.1, -0.05) is 12.1 Å². The highest BCUT2D eigenvalue weighted by Crippen LogP contribution is 2.15. The van der Waals surface area contributed by atoms with E-state index in [0.29, 0.717) is 26.2 Å². The van der Waals surface area contributed by atoms with Crippen LogP contribution in [0.15, 0.2) is 24.3 Å². The van der Waals surface area contributed by atoms with Crippen LogP contribution < -0.4 is 4.74 Å². The molecule has 0 spiro atoms. The number of amides is 1. The van der Waals surface area contributed by atoms with Crippen molar-refractivity contribution in [2.45, 2.75) is 19.8 Å². The van der Waals surface area contributed by atoms with Gasteiger partial charge < -0.3 is 9.64 Å². The largest absolute Gasteiger partial charge is 0.489 e. The van der Waals surface area contributed by atoms with Gasteiger partial charge in [-0.05, 0) is 45.0 Å². The predicted molar refractivity (Wildman–Crippen MR) is 79.8 cm³/mol. The van der Waals surface area contributed by atoms with Crippen LogP contribution in [0.2, 0.25) is 0 Å². The molecule has 1 aromatic carbocycles. The van der Waals surface area contributed by atoms with Gasteiger partial charge in [0.25, 0.3) is 0 Å². The molecule has 2 rings (SSSR count). The lowest BCUT2D eigenvalue weighted by Gasteiger charge is -2.24. The highest BCUT2D eigenvalue weighted by atomic mass is 19.1. The van der Waals surface area contributed by atoms with E-state index < -0.39 is 0 Å². The van der Waals surface area contributed by atoms with E-state index >= 15 is 0 Å². The maximum Gasteiger partial charge on any atom is 0.236 e. The molecule has 0 saturated carbocycles. The van der Waals surface area contributed by atoms with E-state index in [-0.39, 0.29) is 17.5 Å². The monoisotopic (exact) mass is 294 g/mol. The van der Waals surface area contributed by atoms with E-state index in [1.807, 2.05) is 6.92 Å². The maximum atomic E-state index is 13.4. The van der Waals surface area contributed by atoms with Crippen molar-refractivity contribution in [3.8, 4) is 5.75 Å². The lowest BCUT2D eigenvalue weighted by atomic mass is 10.3. The summed E-state index contributed by atoms with van der Waals surface area (Å²) in [6.07, 6.45) is 2.35. The van der Waals surface area contributed by atoms with Crippen molar-refractivity contribution in [3.63, 3.8) is 0 Å². The number of rotatable bonds is 7. The molecule has 116 valence electrons. The fraction of sp³-hybridized carbons (Fsp3) is 0.562. The van der Waals surface area contributed by atoms with Gasteiger partial charge in [0.15, 0.2) is 11.6 Å². The summed E-state index contributed by atoms with van der Waals surface area (Å²) in [6.45, 7) is 5.88. The average molecular weight is 294 g/mol. The Hall–Kier alpha value is -1.62. The zero-order chi connectivity index (χ0) is 15.1. The maximum absolute atomic E-state index is 13.4. The minimum Gasteiger partial charge on any atom is -0.489 e. The number of likely N-dealkylation sites (N-methyl/N-ethyl adjacent to an activating group) is 1. The third-order valence-corrected chi connectivity index (χ3v) is 3.75. The number of halogens is 1. The van der Waals surface area contributed by atoms with E-state index in [2.05, 4.69) is 4.90 Å². The molecule has 5 heteroatoms. The van der Waals surface area contributed by atoms with Gasteiger partial charge in [0.05, 0.1) is 13.1 Å². The summed E-state index contributed by atoms with van der Waals surface area (Å²) in [7, 11) is 0. The molecule has 1 heterocycles. The minimum atomic E-state index is -0.371. The normalized spacial score (nSPS) is 15.1. The number of nitrogens with zero attached hydrogens (tertiary/aromatic N) is 2. The van der Waals surface area contributed by atoms with Crippen LogP contribution >= 0.6 is 0 Å². The Morgan fingerprint density at radius 2 is 2.05 bits per heavy atom. The summed E-state index contributed by atoms with van der Waals surface area (Å²) in [5.41, 5.74) is 0. The topological polar surface area (TPSA) is 32.8 Å². The first kappa shape index (κ1) is 15.8. The Bertz CT molecular complexity index is 461. The Balaban J connectivity index is 1.76. The van der Waals surface area contributed by atoms with Gasteiger partial charge in [0.1, 0.15) is 6.61 Å². The molecular formula is C16H23FN2O2. The number of benzene rings is 1. The zero-order valence-electron chi connectivity index (χ0n) is 12.6. The Morgan fingerprint density at radius 1 is 1.33 bits per heavy atom. The third kappa shape index (κ3) is 4.70. The van der Waals surface area contributed by atoms with Crippen molar-refractivity contribution >= 4 is 5.91 Å². The number of ether oxygens (including phenoxy) is 1. The summed E-state index contributed by atoms with van der Waals surface area (Å²) in [6, 6.07) is 6.32. The van der Waals surface area contributed by atoms with Gasteiger partial charge in [-0.3, -0.25) is 9.69 Å². The average Bonchev–Trinajstić information content (AvgIpc) is 2.98. The van der Waals surface area contributed by atoms with Crippen LogP contribution in [0.5, 0.6) is 5.75 Å². The first-order chi connectivity index (χ1) is 10.2. The van der Waals surface area contributed by atoms with Gasteiger partial charge in [-0.15, -0.1) is 0 Å². The van der Waals surface area contributed by atoms with E-state index in [4.69, 9.17) is 4.74 Å². The fourth-order valence-electron chi connectivity index (χ4n) is 2.52. The quantitative estimate of drug-likeness (QED) is 0.772. The molecule has 1 aliphatic heterocycles. The van der Waals surface area contributed by atoms with E-state index in [1.54, 1.807) is 23.1 Å². The number of likely N-dealkylation sites (tertiary alicyclic amines) is 1. The van der Waals surface area contributed by atoms with Crippen LogP contribution in [0.4, 0.5) is 4.39 Å². The van der Waals surface area contributed by atoms with Crippen LogP contribution in [0.3, 0.4) is 0 Å². The lowest BCUT2D eigenvalue weighted by molar-refractivity contribution is -0.132. The van der Waals surface area contributed by atoms with Crippen LogP contribution in [0.1, 0.15) is 19.8 Å². The second kappa shape index (κ2) is 7.98. The molecule has 0 atom stereocenters. The fourth-order valence-corrected chi connectivity index (χ4v) is 2.52. The van der Waals surface area contributed by atoms with Crippen molar-refractivity contribution in [1.82, 2.24) is 9.80 Å². The molecule has 0 radical (unpaired) electrons.